The van der Waals surface area contributed by atoms with Gasteiger partial charge >= 0.3 is 5.97 Å². The predicted octanol–water partition coefficient (Wildman–Crippen LogP) is 7.01. The van der Waals surface area contributed by atoms with Crippen LogP contribution in [0.15, 0.2) is 96.1 Å². The van der Waals surface area contributed by atoms with Gasteiger partial charge in [0.1, 0.15) is 11.5 Å². The van der Waals surface area contributed by atoms with E-state index in [-0.39, 0.29) is 17.0 Å². The van der Waals surface area contributed by atoms with Crippen LogP contribution in [0.1, 0.15) is 33.3 Å². The summed E-state index contributed by atoms with van der Waals surface area (Å²) in [6.07, 6.45) is 1.42. The van der Waals surface area contributed by atoms with Gasteiger partial charge in [-0.25, -0.2) is 14.6 Å². The Morgan fingerprint density at radius 1 is 0.975 bits per heavy atom. The number of halogens is 2. The average Bonchev–Trinajstić information content (AvgIpc) is 3.36. The number of nitrogens with zero attached hydrogens (tertiary/aromatic N) is 1. The molecule has 0 aliphatic rings. The van der Waals surface area contributed by atoms with Crippen LogP contribution in [-0.4, -0.2) is 29.7 Å². The van der Waals surface area contributed by atoms with Crippen molar-refractivity contribution >= 4 is 40.6 Å². The van der Waals surface area contributed by atoms with Gasteiger partial charge in [0.2, 0.25) is 0 Å². The van der Waals surface area contributed by atoms with Crippen molar-refractivity contribution in [3.63, 3.8) is 0 Å². The summed E-state index contributed by atoms with van der Waals surface area (Å²) in [6, 6.07) is 25.1. The minimum atomic E-state index is -0.583. The molecule has 0 atom stereocenters. The largest absolute Gasteiger partial charge is 0.490 e. The SMILES string of the molecule is CCOc1cc(C=NNC(=O)c2[nH]c3c(F)cccc3c2-c2ccccc2Cl)ccc1OC(=O)c1ccccc1. The molecule has 7 nitrogen and oxygen atoms in total. The highest BCUT2D eigenvalue weighted by Gasteiger charge is 2.22. The first-order chi connectivity index (χ1) is 19.5. The Labute approximate surface area is 234 Å². The van der Waals surface area contributed by atoms with Gasteiger partial charge in [0.05, 0.1) is 23.9 Å². The number of hydrogen-bond donors (Lipinski definition) is 2. The van der Waals surface area contributed by atoms with E-state index < -0.39 is 17.7 Å². The number of para-hydroxylation sites is 1. The van der Waals surface area contributed by atoms with Crippen molar-refractivity contribution in [3.05, 3.63) is 119 Å². The number of carbonyl (C=O) groups excluding carboxylic acids is 2. The Hall–Kier alpha value is -4.95. The topological polar surface area (TPSA) is 92.8 Å². The lowest BCUT2D eigenvalue weighted by Crippen LogP contribution is -2.19. The summed E-state index contributed by atoms with van der Waals surface area (Å²) in [6.45, 7) is 2.15. The molecule has 0 aliphatic carbocycles. The first-order valence-electron chi connectivity index (χ1n) is 12.4. The van der Waals surface area contributed by atoms with Crippen LogP contribution in [0.25, 0.3) is 22.0 Å². The van der Waals surface area contributed by atoms with Crippen molar-refractivity contribution in [2.75, 3.05) is 6.61 Å². The fourth-order valence-corrected chi connectivity index (χ4v) is 4.44. The van der Waals surface area contributed by atoms with Crippen LogP contribution in [0.2, 0.25) is 5.02 Å². The lowest BCUT2D eigenvalue weighted by Gasteiger charge is -2.11. The molecule has 0 saturated heterocycles. The minimum Gasteiger partial charge on any atom is -0.490 e. The quantitative estimate of drug-likeness (QED) is 0.0932. The number of hydrazone groups is 1. The number of nitrogens with one attached hydrogen (secondary N) is 2. The number of H-pyrrole nitrogens is 1. The van der Waals surface area contributed by atoms with E-state index in [1.807, 2.05) is 13.0 Å². The van der Waals surface area contributed by atoms with Gasteiger partial charge in [0.15, 0.2) is 11.5 Å². The van der Waals surface area contributed by atoms with Gasteiger partial charge in [0, 0.05) is 21.5 Å². The molecule has 5 rings (SSSR count). The lowest BCUT2D eigenvalue weighted by atomic mass is 10.0. The van der Waals surface area contributed by atoms with Gasteiger partial charge in [-0.3, -0.25) is 4.79 Å². The van der Waals surface area contributed by atoms with Crippen LogP contribution >= 0.6 is 11.6 Å². The molecule has 5 aromatic rings. The number of aromatic amines is 1. The van der Waals surface area contributed by atoms with Crippen molar-refractivity contribution in [2.45, 2.75) is 6.92 Å². The smallest absolute Gasteiger partial charge is 0.343 e. The van der Waals surface area contributed by atoms with E-state index in [0.717, 1.165) is 0 Å². The number of fused-ring (bicyclic) bond motifs is 1. The molecule has 0 fully saturated rings. The molecule has 1 amide bonds. The normalized spacial score (nSPS) is 11.1. The number of rotatable bonds is 8. The fraction of sp³-hybridized carbons (Fsp3) is 0.0645. The van der Waals surface area contributed by atoms with Crippen LogP contribution in [0.4, 0.5) is 4.39 Å². The number of hydrogen-bond acceptors (Lipinski definition) is 5. The van der Waals surface area contributed by atoms with E-state index in [2.05, 4.69) is 15.5 Å². The van der Waals surface area contributed by atoms with Crippen LogP contribution in [0.5, 0.6) is 11.5 Å². The summed E-state index contributed by atoms with van der Waals surface area (Å²) in [5, 5.41) is 5.01. The highest BCUT2D eigenvalue weighted by Crippen LogP contribution is 2.37. The Morgan fingerprint density at radius 2 is 1.75 bits per heavy atom. The molecular weight excluding hydrogens is 533 g/mol. The third-order valence-corrected chi connectivity index (χ3v) is 6.34. The van der Waals surface area contributed by atoms with Crippen molar-refractivity contribution < 1.29 is 23.5 Å². The Bertz CT molecular complexity index is 1730. The second-order valence-corrected chi connectivity index (χ2v) is 9.02. The van der Waals surface area contributed by atoms with Crippen LogP contribution in [-0.2, 0) is 0 Å². The van der Waals surface area contributed by atoms with Crippen LogP contribution in [0.3, 0.4) is 0 Å². The highest BCUT2D eigenvalue weighted by atomic mass is 35.5. The van der Waals surface area contributed by atoms with Gasteiger partial charge in [-0.1, -0.05) is 60.1 Å². The van der Waals surface area contributed by atoms with E-state index in [1.165, 1.54) is 12.3 Å². The minimum absolute atomic E-state index is 0.114. The molecule has 0 bridgehead atoms. The Balaban J connectivity index is 1.39. The highest BCUT2D eigenvalue weighted by molar-refractivity contribution is 6.34. The van der Waals surface area contributed by atoms with Gasteiger partial charge in [-0.2, -0.15) is 5.10 Å². The number of aromatic nitrogens is 1. The zero-order valence-electron chi connectivity index (χ0n) is 21.3. The number of carbonyl (C=O) groups is 2. The summed E-state index contributed by atoms with van der Waals surface area (Å²) in [5.74, 6) is -1.00. The number of amides is 1. The standard InChI is InChI=1S/C31H23ClFN3O4/c1-2-39-26-17-19(15-16-25(26)40-31(38)20-9-4-3-5-10-20)18-34-36-30(37)29-27(21-11-6-7-13-23(21)32)22-12-8-14-24(33)28(22)35-29/h3-18,35H,2H2,1H3,(H,36,37). The van der Waals surface area contributed by atoms with E-state index in [0.29, 0.717) is 45.0 Å². The zero-order valence-corrected chi connectivity index (χ0v) is 22.0. The van der Waals surface area contributed by atoms with E-state index >= 15 is 0 Å². The molecule has 200 valence electrons. The third kappa shape index (κ3) is 5.57. The molecule has 40 heavy (non-hydrogen) atoms. The van der Waals surface area contributed by atoms with Crippen LogP contribution in [0, 0.1) is 5.82 Å². The summed E-state index contributed by atoms with van der Waals surface area (Å²) in [7, 11) is 0. The summed E-state index contributed by atoms with van der Waals surface area (Å²) in [5.41, 5.74) is 4.83. The fourth-order valence-electron chi connectivity index (χ4n) is 4.21. The summed E-state index contributed by atoms with van der Waals surface area (Å²) < 4.78 is 25.7. The lowest BCUT2D eigenvalue weighted by molar-refractivity contribution is 0.0728. The molecule has 9 heteroatoms. The van der Waals surface area contributed by atoms with Crippen molar-refractivity contribution in [1.29, 1.82) is 0 Å². The average molecular weight is 556 g/mol. The molecule has 2 N–H and O–H groups in total. The molecule has 0 saturated carbocycles. The Kier molecular flexibility index (Phi) is 7.89. The van der Waals surface area contributed by atoms with E-state index in [4.69, 9.17) is 21.1 Å². The van der Waals surface area contributed by atoms with Gasteiger partial charge in [-0.15, -0.1) is 0 Å². The Morgan fingerprint density at radius 3 is 2.52 bits per heavy atom. The summed E-state index contributed by atoms with van der Waals surface area (Å²) >= 11 is 6.42. The molecular formula is C31H23ClFN3O4. The molecule has 1 heterocycles. The summed E-state index contributed by atoms with van der Waals surface area (Å²) in [4.78, 5) is 28.6. The molecule has 4 aromatic carbocycles. The maximum atomic E-state index is 14.6. The second-order valence-electron chi connectivity index (χ2n) is 8.61. The number of esters is 1. The van der Waals surface area contributed by atoms with Gasteiger partial charge in [0.25, 0.3) is 5.91 Å². The molecule has 0 radical (unpaired) electrons. The molecule has 1 aromatic heterocycles. The second kappa shape index (κ2) is 11.8. The monoisotopic (exact) mass is 555 g/mol. The zero-order chi connectivity index (χ0) is 28.1. The first kappa shape index (κ1) is 26.6. The van der Waals surface area contributed by atoms with Crippen LogP contribution < -0.4 is 14.9 Å². The molecule has 0 unspecified atom stereocenters. The van der Waals surface area contributed by atoms with Crippen molar-refractivity contribution in [3.8, 4) is 22.6 Å². The predicted molar refractivity (Wildman–Crippen MR) is 153 cm³/mol. The third-order valence-electron chi connectivity index (χ3n) is 6.01. The van der Waals surface area contributed by atoms with E-state index in [1.54, 1.807) is 78.9 Å². The first-order valence-corrected chi connectivity index (χ1v) is 12.8. The number of benzene rings is 4. The van der Waals surface area contributed by atoms with Gasteiger partial charge < -0.3 is 14.5 Å². The number of ether oxygens (including phenoxy) is 2. The van der Waals surface area contributed by atoms with Gasteiger partial charge in [-0.05, 0) is 55.0 Å². The maximum Gasteiger partial charge on any atom is 0.343 e. The van der Waals surface area contributed by atoms with Crippen molar-refractivity contribution in [1.82, 2.24) is 10.4 Å². The van der Waals surface area contributed by atoms with Crippen molar-refractivity contribution in [2.24, 2.45) is 5.10 Å². The molecule has 0 aliphatic heterocycles. The molecule has 0 spiro atoms. The maximum absolute atomic E-state index is 14.6. The van der Waals surface area contributed by atoms with E-state index in [9.17, 15) is 14.0 Å².